The van der Waals surface area contributed by atoms with Crippen molar-refractivity contribution < 1.29 is 0 Å². The Balaban J connectivity index is 1.97. The van der Waals surface area contributed by atoms with Gasteiger partial charge in [0.15, 0.2) is 0 Å². The van der Waals surface area contributed by atoms with E-state index in [1.165, 1.54) is 20.9 Å². The summed E-state index contributed by atoms with van der Waals surface area (Å²) >= 11 is 10.7. The van der Waals surface area contributed by atoms with Crippen LogP contribution in [0.4, 0.5) is 0 Å². The van der Waals surface area contributed by atoms with Gasteiger partial charge in [-0.2, -0.15) is 25.3 Å². The molecule has 0 bridgehead atoms. The lowest BCUT2D eigenvalue weighted by atomic mass is 10.1. The predicted molar refractivity (Wildman–Crippen MR) is 101 cm³/mol. The van der Waals surface area contributed by atoms with Crippen LogP contribution in [0.1, 0.15) is 25.0 Å². The van der Waals surface area contributed by atoms with Gasteiger partial charge in [-0.25, -0.2) is 0 Å². The lowest BCUT2D eigenvalue weighted by Crippen LogP contribution is -1.96. The average molecular weight is 335 g/mol. The van der Waals surface area contributed by atoms with Gasteiger partial charge in [-0.15, -0.1) is 0 Å². The summed E-state index contributed by atoms with van der Waals surface area (Å²) in [4.78, 5) is 2.56. The normalized spacial score (nSPS) is 13.9. The van der Waals surface area contributed by atoms with Gasteiger partial charge < -0.3 is 0 Å². The lowest BCUT2D eigenvalue weighted by molar-refractivity contribution is 0.948. The molecule has 21 heavy (non-hydrogen) atoms. The largest absolute Gasteiger partial charge is 0.176 e. The summed E-state index contributed by atoms with van der Waals surface area (Å²) in [6, 6.07) is 17.6. The lowest BCUT2D eigenvalue weighted by Gasteiger charge is -2.07. The molecule has 0 saturated carbocycles. The van der Waals surface area contributed by atoms with Gasteiger partial charge >= 0.3 is 0 Å². The molecular weight excluding hydrogens is 312 g/mol. The van der Waals surface area contributed by atoms with Crippen LogP contribution in [0, 0.1) is 0 Å². The molecule has 3 heteroatoms. The summed E-state index contributed by atoms with van der Waals surface area (Å²) in [6.45, 7) is 4.25. The van der Waals surface area contributed by atoms with E-state index < -0.39 is 0 Å². The molecule has 0 N–H and O–H groups in total. The van der Waals surface area contributed by atoms with E-state index in [9.17, 15) is 0 Å². The van der Waals surface area contributed by atoms with Crippen LogP contribution in [0.25, 0.3) is 0 Å². The molecule has 0 aliphatic carbocycles. The van der Waals surface area contributed by atoms with Crippen LogP contribution in [0.15, 0.2) is 58.3 Å². The predicted octanol–water partition coefficient (Wildman–Crippen LogP) is 5.56. The summed E-state index contributed by atoms with van der Waals surface area (Å²) in [5, 5.41) is 0.815. The Morgan fingerprint density at radius 1 is 0.714 bits per heavy atom. The van der Waals surface area contributed by atoms with Crippen LogP contribution in [0.2, 0.25) is 0 Å². The first kappa shape index (κ1) is 16.9. The van der Waals surface area contributed by atoms with Gasteiger partial charge in [-0.3, -0.25) is 0 Å². The van der Waals surface area contributed by atoms with Gasteiger partial charge in [0.05, 0.1) is 0 Å². The fraction of sp³-hybridized carbons (Fsp3) is 0.333. The van der Waals surface area contributed by atoms with E-state index in [2.05, 4.69) is 87.6 Å². The minimum Gasteiger partial charge on any atom is -0.176 e. The summed E-state index contributed by atoms with van der Waals surface area (Å²) in [5.41, 5.74) is 2.69. The van der Waals surface area contributed by atoms with Gasteiger partial charge in [0.1, 0.15) is 0 Å². The number of hydrogen-bond donors (Lipinski definition) is 2. The highest BCUT2D eigenvalue weighted by Crippen LogP contribution is 2.28. The summed E-state index contributed by atoms with van der Waals surface area (Å²) in [5.74, 6) is 0. The zero-order valence-electron chi connectivity index (χ0n) is 12.5. The molecule has 0 fully saturated rings. The molecule has 0 spiro atoms. The van der Waals surface area contributed by atoms with E-state index in [4.69, 9.17) is 0 Å². The third-order valence-electron chi connectivity index (χ3n) is 3.14. The number of rotatable bonds is 6. The van der Waals surface area contributed by atoms with Crippen molar-refractivity contribution in [3.63, 3.8) is 0 Å². The first-order chi connectivity index (χ1) is 10.0. The first-order valence-electron chi connectivity index (χ1n) is 7.25. The van der Waals surface area contributed by atoms with Crippen LogP contribution in [0.5, 0.6) is 0 Å². The molecule has 0 aliphatic rings. The number of benzene rings is 2. The molecule has 2 aromatic rings. The van der Waals surface area contributed by atoms with Crippen molar-refractivity contribution in [2.24, 2.45) is 0 Å². The van der Waals surface area contributed by atoms with Crippen LogP contribution in [-0.4, -0.2) is 10.5 Å². The second-order valence-electron chi connectivity index (χ2n) is 5.50. The van der Waals surface area contributed by atoms with Gasteiger partial charge in [0.25, 0.3) is 0 Å². The van der Waals surface area contributed by atoms with Gasteiger partial charge in [-0.1, -0.05) is 49.9 Å². The standard InChI is InChI=1S/C18H22S3/c1-13(19)11-15-3-7-17(8-4-15)21-18-9-5-16(6-10-18)12-14(2)20/h3-10,13-14,19-20H,11-12H2,1-2H3. The van der Waals surface area contributed by atoms with Crippen molar-refractivity contribution in [2.45, 2.75) is 47.0 Å². The molecular formula is C18H22S3. The Kier molecular flexibility index (Phi) is 6.59. The Morgan fingerprint density at radius 3 is 1.33 bits per heavy atom. The van der Waals surface area contributed by atoms with Crippen LogP contribution in [0.3, 0.4) is 0 Å². The molecule has 0 aromatic heterocycles. The molecule has 112 valence electrons. The molecule has 0 radical (unpaired) electrons. The Hall–Kier alpha value is -0.510. The van der Waals surface area contributed by atoms with E-state index in [1.807, 2.05) is 0 Å². The minimum atomic E-state index is 0.408. The van der Waals surface area contributed by atoms with Crippen molar-refractivity contribution >= 4 is 37.0 Å². The van der Waals surface area contributed by atoms with Crippen LogP contribution < -0.4 is 0 Å². The molecule has 0 heterocycles. The van der Waals surface area contributed by atoms with E-state index in [0.717, 1.165) is 12.8 Å². The molecule has 0 aliphatic heterocycles. The maximum absolute atomic E-state index is 4.44. The summed E-state index contributed by atoms with van der Waals surface area (Å²) in [7, 11) is 0. The van der Waals surface area contributed by atoms with Crippen molar-refractivity contribution in [3.05, 3.63) is 59.7 Å². The molecule has 2 rings (SSSR count). The second-order valence-corrected chi connectivity index (χ2v) is 8.41. The maximum atomic E-state index is 4.44. The van der Waals surface area contributed by atoms with Gasteiger partial charge in [0, 0.05) is 20.3 Å². The van der Waals surface area contributed by atoms with E-state index in [-0.39, 0.29) is 0 Å². The van der Waals surface area contributed by atoms with Crippen molar-refractivity contribution in [2.75, 3.05) is 0 Å². The fourth-order valence-electron chi connectivity index (χ4n) is 2.21. The van der Waals surface area contributed by atoms with Crippen molar-refractivity contribution in [3.8, 4) is 0 Å². The van der Waals surface area contributed by atoms with E-state index in [1.54, 1.807) is 11.8 Å². The molecule has 2 aromatic carbocycles. The Morgan fingerprint density at radius 2 is 1.05 bits per heavy atom. The first-order valence-corrected chi connectivity index (χ1v) is 9.09. The maximum Gasteiger partial charge on any atom is 0.0122 e. The number of thiol groups is 2. The zero-order chi connectivity index (χ0) is 15.2. The smallest absolute Gasteiger partial charge is 0.0122 e. The van der Waals surface area contributed by atoms with Crippen LogP contribution in [-0.2, 0) is 12.8 Å². The van der Waals surface area contributed by atoms with Crippen LogP contribution >= 0.6 is 37.0 Å². The molecule has 0 amide bonds. The average Bonchev–Trinajstić information content (AvgIpc) is 2.42. The Bertz CT molecular complexity index is 490. The monoisotopic (exact) mass is 334 g/mol. The Labute approximate surface area is 143 Å². The fourth-order valence-corrected chi connectivity index (χ4v) is 3.44. The molecule has 0 saturated heterocycles. The molecule has 0 nitrogen and oxygen atoms in total. The number of hydrogen-bond acceptors (Lipinski definition) is 3. The van der Waals surface area contributed by atoms with E-state index >= 15 is 0 Å². The minimum absolute atomic E-state index is 0.408. The summed E-state index contributed by atoms with van der Waals surface area (Å²) in [6.07, 6.45) is 2.04. The second kappa shape index (κ2) is 8.21. The highest BCUT2D eigenvalue weighted by molar-refractivity contribution is 7.99. The quantitative estimate of drug-likeness (QED) is 0.652. The van der Waals surface area contributed by atoms with Crippen molar-refractivity contribution in [1.82, 2.24) is 0 Å². The van der Waals surface area contributed by atoms with E-state index in [0.29, 0.717) is 10.5 Å². The summed E-state index contributed by atoms with van der Waals surface area (Å²) < 4.78 is 0. The van der Waals surface area contributed by atoms with Gasteiger partial charge in [0.2, 0.25) is 0 Å². The highest BCUT2D eigenvalue weighted by atomic mass is 32.2. The third-order valence-corrected chi connectivity index (χ3v) is 4.53. The molecule has 2 atom stereocenters. The third kappa shape index (κ3) is 6.01. The SMILES string of the molecule is CC(S)Cc1ccc(Sc2ccc(CC(C)S)cc2)cc1. The zero-order valence-corrected chi connectivity index (χ0v) is 15.1. The highest BCUT2D eigenvalue weighted by Gasteiger charge is 2.02. The van der Waals surface area contributed by atoms with Gasteiger partial charge in [-0.05, 0) is 48.2 Å². The molecule has 2 unspecified atom stereocenters. The van der Waals surface area contributed by atoms with Crippen molar-refractivity contribution in [1.29, 1.82) is 0 Å². The topological polar surface area (TPSA) is 0 Å².